The number of amides is 2. The van der Waals surface area contributed by atoms with Gasteiger partial charge in [0.1, 0.15) is 24.3 Å². The predicted molar refractivity (Wildman–Crippen MR) is 110 cm³/mol. The number of nitrogens with one attached hydrogen (secondary N) is 1. The molecular weight excluding hydrogens is 454 g/mol. The van der Waals surface area contributed by atoms with Crippen LogP contribution < -0.4 is 16.0 Å². The number of benzene rings is 1. The summed E-state index contributed by atoms with van der Waals surface area (Å²) < 4.78 is 0. The van der Waals surface area contributed by atoms with Gasteiger partial charge in [0.2, 0.25) is 5.91 Å². The Hall–Kier alpha value is -3.79. The van der Waals surface area contributed by atoms with Gasteiger partial charge in [-0.3, -0.25) is 44.3 Å². The van der Waals surface area contributed by atoms with Crippen LogP contribution in [0.2, 0.25) is 0 Å². The minimum atomic E-state index is -1.59. The van der Waals surface area contributed by atoms with E-state index in [4.69, 9.17) is 15.9 Å². The molecule has 32 heavy (non-hydrogen) atoms. The quantitative estimate of drug-likeness (QED) is 0.148. The number of hydrogen-bond acceptors (Lipinski definition) is 10. The number of nitro benzene ring substituents is 2. The predicted octanol–water partition coefficient (Wildman–Crippen LogP) is -0.473. The van der Waals surface area contributed by atoms with Crippen molar-refractivity contribution >= 4 is 53.4 Å². The molecule has 5 N–H and O–H groups in total. The van der Waals surface area contributed by atoms with Crippen LogP contribution in [0, 0.1) is 20.2 Å². The first-order valence-corrected chi connectivity index (χ1v) is 9.37. The molecule has 0 heterocycles. The van der Waals surface area contributed by atoms with E-state index in [9.17, 15) is 39.4 Å². The van der Waals surface area contributed by atoms with Gasteiger partial charge in [-0.25, -0.2) is 0 Å². The summed E-state index contributed by atoms with van der Waals surface area (Å²) in [5, 5.41) is 42.7. The summed E-state index contributed by atoms with van der Waals surface area (Å²) in [6.45, 7) is -1.11. The summed E-state index contributed by atoms with van der Waals surface area (Å²) >= 11 is 3.92. The Morgan fingerprint density at radius 1 is 1.16 bits per heavy atom. The summed E-state index contributed by atoms with van der Waals surface area (Å²) in [6, 6.07) is -0.0133. The highest BCUT2D eigenvalue weighted by Crippen LogP contribution is 2.37. The number of carboxylic acids is 2. The van der Waals surface area contributed by atoms with Crippen molar-refractivity contribution < 1.29 is 39.2 Å². The first kappa shape index (κ1) is 26.2. The Kier molecular flexibility index (Phi) is 9.48. The standard InChI is InChI=1S/C16H19N5O10S/c17-8(16(26)27)4-5-12(22)18-9(7-32)15(25)19(6-13(23)24)10-2-1-3-11(20(28)29)14(10)21(30)31/h1-3,8-9,32H,4-7,17H2,(H,18,22)(H,23,24)(H,26,27). The van der Waals surface area contributed by atoms with E-state index in [2.05, 4.69) is 17.9 Å². The molecule has 0 aliphatic heterocycles. The minimum Gasteiger partial charge on any atom is -0.480 e. The van der Waals surface area contributed by atoms with Crippen LogP contribution in [-0.4, -0.2) is 68.2 Å². The molecule has 2 unspecified atom stereocenters. The number of anilines is 1. The molecule has 0 radical (unpaired) electrons. The lowest BCUT2D eigenvalue weighted by molar-refractivity contribution is -0.421. The maximum atomic E-state index is 12.9. The molecule has 174 valence electrons. The normalized spacial score (nSPS) is 12.3. The largest absolute Gasteiger partial charge is 0.480 e. The lowest BCUT2D eigenvalue weighted by Gasteiger charge is -2.25. The monoisotopic (exact) mass is 473 g/mol. The van der Waals surface area contributed by atoms with Crippen LogP contribution in [0.25, 0.3) is 0 Å². The number of para-hydroxylation sites is 1. The minimum absolute atomic E-state index is 0.260. The number of nitro groups is 2. The molecule has 0 saturated carbocycles. The Morgan fingerprint density at radius 3 is 2.25 bits per heavy atom. The Labute approximate surface area is 184 Å². The average Bonchev–Trinajstić information content (AvgIpc) is 2.72. The van der Waals surface area contributed by atoms with Gasteiger partial charge < -0.3 is 21.3 Å². The van der Waals surface area contributed by atoms with Gasteiger partial charge in [-0.15, -0.1) is 0 Å². The van der Waals surface area contributed by atoms with Gasteiger partial charge in [0.15, 0.2) is 0 Å². The molecular formula is C16H19N5O10S. The first-order chi connectivity index (χ1) is 14.9. The molecule has 1 aromatic carbocycles. The van der Waals surface area contributed by atoms with Gasteiger partial charge in [0, 0.05) is 18.2 Å². The van der Waals surface area contributed by atoms with Crippen molar-refractivity contribution in [2.24, 2.45) is 5.73 Å². The van der Waals surface area contributed by atoms with Crippen molar-refractivity contribution in [3.8, 4) is 0 Å². The van der Waals surface area contributed by atoms with Crippen LogP contribution in [-0.2, 0) is 19.2 Å². The average molecular weight is 473 g/mol. The van der Waals surface area contributed by atoms with Crippen LogP contribution in [0.4, 0.5) is 17.1 Å². The SMILES string of the molecule is NC(CCC(=O)NC(CS)C(=O)N(CC(=O)O)c1cccc([N+](=O)[O-])c1[N+](=O)[O-])C(=O)O. The smallest absolute Gasteiger partial charge is 0.369 e. The van der Waals surface area contributed by atoms with Crippen LogP contribution in [0.15, 0.2) is 18.2 Å². The molecule has 0 aromatic heterocycles. The molecule has 15 nitrogen and oxygen atoms in total. The highest BCUT2D eigenvalue weighted by Gasteiger charge is 2.36. The highest BCUT2D eigenvalue weighted by atomic mass is 32.1. The van der Waals surface area contributed by atoms with E-state index in [1.807, 2.05) is 0 Å². The van der Waals surface area contributed by atoms with Crippen LogP contribution in [0.3, 0.4) is 0 Å². The molecule has 1 aromatic rings. The Balaban J connectivity index is 3.28. The number of rotatable bonds is 12. The van der Waals surface area contributed by atoms with Crippen molar-refractivity contribution in [3.05, 3.63) is 38.4 Å². The number of carboxylic acid groups (broad SMARTS) is 2. The molecule has 1 rings (SSSR count). The van der Waals surface area contributed by atoms with Crippen molar-refractivity contribution in [2.75, 3.05) is 17.2 Å². The van der Waals surface area contributed by atoms with Crippen LogP contribution in [0.1, 0.15) is 12.8 Å². The van der Waals surface area contributed by atoms with E-state index in [0.717, 1.165) is 18.2 Å². The van der Waals surface area contributed by atoms with Crippen molar-refractivity contribution in [3.63, 3.8) is 0 Å². The summed E-state index contributed by atoms with van der Waals surface area (Å²) in [6.07, 6.45) is -0.648. The molecule has 0 aliphatic rings. The lowest BCUT2D eigenvalue weighted by atomic mass is 10.1. The topological polar surface area (TPSA) is 236 Å². The number of nitrogens with zero attached hydrogens (tertiary/aromatic N) is 3. The number of nitrogens with two attached hydrogens (primary N) is 1. The Morgan fingerprint density at radius 2 is 1.78 bits per heavy atom. The fourth-order valence-electron chi connectivity index (χ4n) is 2.54. The lowest BCUT2D eigenvalue weighted by Crippen LogP contribution is -2.51. The van der Waals surface area contributed by atoms with Crippen molar-refractivity contribution in [1.82, 2.24) is 5.32 Å². The zero-order chi connectivity index (χ0) is 24.6. The second-order valence-electron chi connectivity index (χ2n) is 6.26. The summed E-state index contributed by atoms with van der Waals surface area (Å²) in [5.74, 6) is -5.24. The second-order valence-corrected chi connectivity index (χ2v) is 6.63. The number of hydrogen-bond donors (Lipinski definition) is 5. The summed E-state index contributed by atoms with van der Waals surface area (Å²) in [7, 11) is 0. The van der Waals surface area contributed by atoms with Crippen molar-refractivity contribution in [2.45, 2.75) is 24.9 Å². The maximum absolute atomic E-state index is 12.9. The Bertz CT molecular complexity index is 940. The molecule has 0 saturated heterocycles. The fraction of sp³-hybridized carbons (Fsp3) is 0.375. The third-order valence-electron chi connectivity index (χ3n) is 4.04. The van der Waals surface area contributed by atoms with Gasteiger partial charge in [-0.2, -0.15) is 12.6 Å². The van der Waals surface area contributed by atoms with E-state index in [-0.39, 0.29) is 18.6 Å². The molecule has 2 amide bonds. The van der Waals surface area contributed by atoms with Gasteiger partial charge in [0.05, 0.1) is 9.85 Å². The maximum Gasteiger partial charge on any atom is 0.369 e. The number of aliphatic carboxylic acids is 2. The van der Waals surface area contributed by atoms with E-state index in [1.54, 1.807) is 0 Å². The fourth-order valence-corrected chi connectivity index (χ4v) is 2.79. The van der Waals surface area contributed by atoms with Crippen LogP contribution in [0.5, 0.6) is 0 Å². The first-order valence-electron chi connectivity index (χ1n) is 8.74. The van der Waals surface area contributed by atoms with Gasteiger partial charge >= 0.3 is 23.3 Å². The van der Waals surface area contributed by atoms with Gasteiger partial charge in [-0.1, -0.05) is 6.07 Å². The second kappa shape index (κ2) is 11.6. The third kappa shape index (κ3) is 6.88. The summed E-state index contributed by atoms with van der Waals surface area (Å²) in [4.78, 5) is 67.9. The molecule has 16 heteroatoms. The molecule has 0 fully saturated rings. The van der Waals surface area contributed by atoms with E-state index >= 15 is 0 Å². The number of thiol groups is 1. The molecule has 0 spiro atoms. The van der Waals surface area contributed by atoms with Gasteiger partial charge in [0.25, 0.3) is 5.91 Å². The van der Waals surface area contributed by atoms with Crippen molar-refractivity contribution in [1.29, 1.82) is 0 Å². The molecule has 0 aliphatic carbocycles. The molecule has 2 atom stereocenters. The molecule has 0 bridgehead atoms. The van der Waals surface area contributed by atoms with Crippen LogP contribution >= 0.6 is 12.6 Å². The van der Waals surface area contributed by atoms with E-state index < -0.39 is 69.3 Å². The highest BCUT2D eigenvalue weighted by molar-refractivity contribution is 7.80. The number of carbonyl (C=O) groups excluding carboxylic acids is 2. The number of carbonyl (C=O) groups is 4. The van der Waals surface area contributed by atoms with Gasteiger partial charge in [-0.05, 0) is 12.5 Å². The van der Waals surface area contributed by atoms with E-state index in [1.165, 1.54) is 0 Å². The zero-order valence-corrected chi connectivity index (χ0v) is 17.1. The zero-order valence-electron chi connectivity index (χ0n) is 16.2. The van der Waals surface area contributed by atoms with E-state index in [0.29, 0.717) is 4.90 Å². The third-order valence-corrected chi connectivity index (χ3v) is 4.40. The summed E-state index contributed by atoms with van der Waals surface area (Å²) in [5.41, 5.74) is 2.56.